The van der Waals surface area contributed by atoms with Crippen molar-refractivity contribution in [1.82, 2.24) is 20.1 Å². The van der Waals surface area contributed by atoms with E-state index >= 15 is 0 Å². The van der Waals surface area contributed by atoms with Crippen LogP contribution < -0.4 is 11.1 Å². The number of aromatic nitrogens is 3. The Balaban J connectivity index is 1.58. The Labute approximate surface area is 230 Å². The topological polar surface area (TPSA) is 106 Å². The van der Waals surface area contributed by atoms with Crippen LogP contribution in [-0.2, 0) is 24.2 Å². The number of halogens is 2. The van der Waals surface area contributed by atoms with Crippen molar-refractivity contribution >= 4 is 17.7 Å². The summed E-state index contributed by atoms with van der Waals surface area (Å²) in [5, 5.41) is 21.2. The number of hydrogen-bond acceptors (Lipinski definition) is 6. The normalized spacial score (nSPS) is 13.6. The number of thioether (sulfide) groups is 1. The number of hydrogen-bond donors (Lipinski definition) is 3. The fraction of sp³-hybridized carbons (Fsp3) is 0.276. The molecule has 1 aromatic heterocycles. The number of carboxylic acids is 1. The molecule has 10 heteroatoms. The third-order valence-electron chi connectivity index (χ3n) is 6.47. The van der Waals surface area contributed by atoms with E-state index in [2.05, 4.69) is 34.6 Å². The number of nitrogens with zero attached hydrogens (tertiary/aromatic N) is 3. The second-order valence-electron chi connectivity index (χ2n) is 9.31. The van der Waals surface area contributed by atoms with Gasteiger partial charge in [-0.25, -0.2) is 8.78 Å². The van der Waals surface area contributed by atoms with Gasteiger partial charge in [-0.05, 0) is 53.8 Å². The Bertz CT molecular complexity index is 1360. The van der Waals surface area contributed by atoms with Gasteiger partial charge in [-0.2, -0.15) is 0 Å². The molecule has 4 rings (SSSR count). The number of rotatable bonds is 13. The molecule has 3 atom stereocenters. The van der Waals surface area contributed by atoms with Crippen LogP contribution in [0, 0.1) is 17.6 Å². The van der Waals surface area contributed by atoms with Gasteiger partial charge in [-0.3, -0.25) is 9.36 Å². The highest BCUT2D eigenvalue weighted by molar-refractivity contribution is 8.00. The molecule has 204 valence electrons. The molecule has 0 bridgehead atoms. The highest BCUT2D eigenvalue weighted by Gasteiger charge is 2.35. The van der Waals surface area contributed by atoms with E-state index in [-0.39, 0.29) is 13.0 Å². The number of nitrogens with two attached hydrogens (primary N) is 1. The second-order valence-corrected chi connectivity index (χ2v) is 10.4. The van der Waals surface area contributed by atoms with Crippen LogP contribution in [0.4, 0.5) is 8.78 Å². The summed E-state index contributed by atoms with van der Waals surface area (Å²) in [5.41, 5.74) is 10.0. The van der Waals surface area contributed by atoms with E-state index in [1.54, 1.807) is 4.57 Å². The Kier molecular flexibility index (Phi) is 9.80. The molecule has 1 heterocycles. The van der Waals surface area contributed by atoms with Gasteiger partial charge < -0.3 is 16.2 Å². The predicted molar refractivity (Wildman–Crippen MR) is 148 cm³/mol. The Morgan fingerprint density at radius 3 is 2.44 bits per heavy atom. The van der Waals surface area contributed by atoms with Crippen LogP contribution in [-0.4, -0.2) is 43.7 Å². The number of para-hydroxylation sites is 1. The highest BCUT2D eigenvalue weighted by Crippen LogP contribution is 2.31. The van der Waals surface area contributed by atoms with Crippen LogP contribution in [0.3, 0.4) is 0 Å². The van der Waals surface area contributed by atoms with E-state index in [0.717, 1.165) is 35.5 Å². The lowest BCUT2D eigenvalue weighted by atomic mass is 9.90. The van der Waals surface area contributed by atoms with Crippen molar-refractivity contribution in [2.75, 3.05) is 6.54 Å². The maximum absolute atomic E-state index is 13.9. The summed E-state index contributed by atoms with van der Waals surface area (Å²) in [4.78, 5) is 12.6. The lowest BCUT2D eigenvalue weighted by Crippen LogP contribution is -2.47. The minimum Gasteiger partial charge on any atom is -0.480 e. The van der Waals surface area contributed by atoms with Gasteiger partial charge in [0.05, 0.1) is 0 Å². The Hall–Kier alpha value is -3.60. The molecule has 0 amide bonds. The molecular weight excluding hydrogens is 520 g/mol. The maximum Gasteiger partial charge on any atom is 0.317 e. The van der Waals surface area contributed by atoms with E-state index in [1.165, 1.54) is 24.0 Å². The average molecular weight is 552 g/mol. The van der Waals surface area contributed by atoms with Gasteiger partial charge in [0.15, 0.2) is 5.16 Å². The molecule has 0 saturated heterocycles. The molecule has 4 aromatic rings. The molecule has 7 nitrogen and oxygen atoms in total. The number of nitrogens with one attached hydrogen (secondary N) is 1. The summed E-state index contributed by atoms with van der Waals surface area (Å²) in [6.07, 6.45) is 2.54. The van der Waals surface area contributed by atoms with Crippen molar-refractivity contribution in [2.24, 2.45) is 11.7 Å². The number of benzene rings is 3. The van der Waals surface area contributed by atoms with Gasteiger partial charge in [0, 0.05) is 36.8 Å². The molecule has 2 unspecified atom stereocenters. The van der Waals surface area contributed by atoms with Crippen LogP contribution in [0.2, 0.25) is 0 Å². The van der Waals surface area contributed by atoms with E-state index < -0.39 is 34.8 Å². The third-order valence-corrected chi connectivity index (χ3v) is 7.76. The fourth-order valence-corrected chi connectivity index (χ4v) is 5.64. The number of carbonyl (C=O) groups is 1. The third kappa shape index (κ3) is 7.72. The average Bonchev–Trinajstić information content (AvgIpc) is 3.38. The second kappa shape index (κ2) is 13.5. The van der Waals surface area contributed by atoms with Gasteiger partial charge >= 0.3 is 5.97 Å². The summed E-state index contributed by atoms with van der Waals surface area (Å²) in [7, 11) is 0. The van der Waals surface area contributed by atoms with Crippen LogP contribution in [0.1, 0.15) is 23.6 Å². The molecule has 0 aliphatic heterocycles. The molecule has 0 saturated carbocycles. The first-order chi connectivity index (χ1) is 18.8. The van der Waals surface area contributed by atoms with Gasteiger partial charge in [-0.15, -0.1) is 10.2 Å². The Morgan fingerprint density at radius 1 is 1.03 bits per heavy atom. The van der Waals surface area contributed by atoms with Gasteiger partial charge in [-0.1, -0.05) is 61.2 Å². The van der Waals surface area contributed by atoms with Crippen molar-refractivity contribution in [3.63, 3.8) is 0 Å². The Morgan fingerprint density at radius 2 is 1.74 bits per heavy atom. The zero-order valence-electron chi connectivity index (χ0n) is 21.5. The number of aryl methyl sites for hydroxylation is 1. The molecule has 39 heavy (non-hydrogen) atoms. The van der Waals surface area contributed by atoms with E-state index in [4.69, 9.17) is 5.73 Å². The van der Waals surface area contributed by atoms with E-state index in [0.29, 0.717) is 17.3 Å². The molecule has 3 aromatic carbocycles. The smallest absolute Gasteiger partial charge is 0.317 e. The summed E-state index contributed by atoms with van der Waals surface area (Å²) in [6.45, 7) is 2.86. The van der Waals surface area contributed by atoms with Gasteiger partial charge in [0.25, 0.3) is 0 Å². The van der Waals surface area contributed by atoms with Crippen LogP contribution in [0.15, 0.2) is 84.3 Å². The molecule has 0 spiro atoms. The maximum atomic E-state index is 13.9. The number of carboxylic acid groups (broad SMARTS) is 1. The first-order valence-corrected chi connectivity index (χ1v) is 13.6. The lowest BCUT2D eigenvalue weighted by molar-refractivity contribution is -0.137. The minimum absolute atomic E-state index is 0.0993. The summed E-state index contributed by atoms with van der Waals surface area (Å²) in [6, 6.07) is 20.0. The first kappa shape index (κ1) is 28.4. The van der Waals surface area contributed by atoms with Crippen molar-refractivity contribution in [3.05, 3.63) is 107 Å². The first-order valence-electron chi connectivity index (χ1n) is 12.7. The zero-order chi connectivity index (χ0) is 27.8. The molecule has 0 fully saturated rings. The largest absolute Gasteiger partial charge is 0.480 e. The van der Waals surface area contributed by atoms with Crippen LogP contribution in [0.25, 0.3) is 5.69 Å². The number of aliphatic carboxylic acids is 1. The molecule has 0 aliphatic rings. The van der Waals surface area contributed by atoms with Crippen molar-refractivity contribution < 1.29 is 18.7 Å². The molecule has 4 N–H and O–H groups in total. The molecule has 0 aliphatic carbocycles. The van der Waals surface area contributed by atoms with Crippen molar-refractivity contribution in [3.8, 4) is 5.69 Å². The highest BCUT2D eigenvalue weighted by atomic mass is 32.2. The fourth-order valence-electron chi connectivity index (χ4n) is 4.48. The SMILES string of the molecule is CCc1cccc(CNCC(C(N)Cc2cc(F)cc(F)c2)[C@H](Sc2nncn2-c2ccccc2)C(=O)O)c1. The van der Waals surface area contributed by atoms with Crippen molar-refractivity contribution in [2.45, 2.75) is 42.8 Å². The van der Waals surface area contributed by atoms with E-state index in [1.807, 2.05) is 42.5 Å². The van der Waals surface area contributed by atoms with Gasteiger partial charge in [0.1, 0.15) is 23.2 Å². The zero-order valence-corrected chi connectivity index (χ0v) is 22.3. The van der Waals surface area contributed by atoms with Crippen molar-refractivity contribution in [1.29, 1.82) is 0 Å². The lowest BCUT2D eigenvalue weighted by Gasteiger charge is -2.29. The van der Waals surface area contributed by atoms with Crippen LogP contribution >= 0.6 is 11.8 Å². The minimum atomic E-state index is -1.07. The quantitative estimate of drug-likeness (QED) is 0.208. The standard InChI is InChI=1S/C29H31F2N5O2S/c1-2-19-7-6-8-20(11-19)16-33-17-25(26(32)14-21-12-22(30)15-23(31)13-21)27(28(37)38)39-29-35-34-18-36(29)24-9-4-3-5-10-24/h3-13,15,18,25-27,33H,2,14,16-17,32H2,1H3,(H,37,38)/t25?,26?,27-/m0/s1. The molecule has 0 radical (unpaired) electrons. The summed E-state index contributed by atoms with van der Waals surface area (Å²) in [5.74, 6) is -3.09. The van der Waals surface area contributed by atoms with Gasteiger partial charge in [0.2, 0.25) is 0 Å². The monoisotopic (exact) mass is 551 g/mol. The summed E-state index contributed by atoms with van der Waals surface area (Å²) < 4.78 is 29.5. The van der Waals surface area contributed by atoms with Crippen LogP contribution in [0.5, 0.6) is 0 Å². The molecular formula is C29H31F2N5O2S. The van der Waals surface area contributed by atoms with E-state index in [9.17, 15) is 18.7 Å². The summed E-state index contributed by atoms with van der Waals surface area (Å²) >= 11 is 1.05. The predicted octanol–water partition coefficient (Wildman–Crippen LogP) is 4.63.